The molecule has 0 spiro atoms. The van der Waals surface area contributed by atoms with Crippen LogP contribution in [0.25, 0.3) is 0 Å². The summed E-state index contributed by atoms with van der Waals surface area (Å²) in [4.78, 5) is 12.0. The van der Waals surface area contributed by atoms with Crippen molar-refractivity contribution >= 4 is 17.4 Å². The van der Waals surface area contributed by atoms with Gasteiger partial charge >= 0.3 is 0 Å². The van der Waals surface area contributed by atoms with Gasteiger partial charge in [0.15, 0.2) is 5.78 Å². The summed E-state index contributed by atoms with van der Waals surface area (Å²) in [6, 6.07) is 7.17. The Hall–Kier alpha value is -1.02. The second kappa shape index (κ2) is 5.35. The lowest BCUT2D eigenvalue weighted by atomic mass is 9.86. The molecule has 0 N–H and O–H groups in total. The number of alkyl halides is 1. The lowest BCUT2D eigenvalue weighted by Crippen LogP contribution is -2.25. The predicted molar refractivity (Wildman–Crippen MR) is 66.4 cm³/mol. The van der Waals surface area contributed by atoms with Crippen molar-refractivity contribution in [3.05, 3.63) is 29.8 Å². The number of carbonyl (C=O) groups excluding carboxylic acids is 1. The minimum absolute atomic E-state index is 0.0607. The van der Waals surface area contributed by atoms with Crippen molar-refractivity contribution in [1.29, 1.82) is 0 Å². The van der Waals surface area contributed by atoms with Crippen LogP contribution in [0.15, 0.2) is 24.3 Å². The first-order valence-corrected chi connectivity index (χ1v) is 5.88. The molecule has 0 bridgehead atoms. The van der Waals surface area contributed by atoms with Crippen molar-refractivity contribution in [2.45, 2.75) is 20.8 Å². The van der Waals surface area contributed by atoms with E-state index in [-0.39, 0.29) is 5.78 Å². The summed E-state index contributed by atoms with van der Waals surface area (Å²) in [7, 11) is 0. The first-order chi connectivity index (χ1) is 7.51. The zero-order valence-corrected chi connectivity index (χ0v) is 10.7. The van der Waals surface area contributed by atoms with Crippen LogP contribution in [-0.4, -0.2) is 18.3 Å². The molecule has 0 atom stereocenters. The minimum atomic E-state index is -0.519. The van der Waals surface area contributed by atoms with Gasteiger partial charge in [-0.15, -0.1) is 11.6 Å². The van der Waals surface area contributed by atoms with E-state index in [9.17, 15) is 4.79 Å². The maximum atomic E-state index is 12.0. The molecule has 1 aromatic rings. The van der Waals surface area contributed by atoms with Gasteiger partial charge in [-0.1, -0.05) is 13.8 Å². The van der Waals surface area contributed by atoms with E-state index in [2.05, 4.69) is 0 Å². The Balaban J connectivity index is 2.86. The van der Waals surface area contributed by atoms with Gasteiger partial charge in [0, 0.05) is 16.9 Å². The first-order valence-electron chi connectivity index (χ1n) is 5.35. The largest absolute Gasteiger partial charge is 0.494 e. The Kier molecular flexibility index (Phi) is 4.36. The highest BCUT2D eigenvalue weighted by molar-refractivity contribution is 6.20. The number of ether oxygens (including phenoxy) is 1. The van der Waals surface area contributed by atoms with E-state index in [0.29, 0.717) is 18.1 Å². The van der Waals surface area contributed by atoms with E-state index >= 15 is 0 Å². The van der Waals surface area contributed by atoms with Crippen molar-refractivity contribution in [3.8, 4) is 5.75 Å². The highest BCUT2D eigenvalue weighted by Crippen LogP contribution is 2.24. The average molecular weight is 241 g/mol. The van der Waals surface area contributed by atoms with E-state index in [1.54, 1.807) is 24.3 Å². The number of halogens is 1. The number of hydrogen-bond donors (Lipinski definition) is 0. The zero-order chi connectivity index (χ0) is 12.2. The summed E-state index contributed by atoms with van der Waals surface area (Å²) in [5, 5.41) is 0. The summed E-state index contributed by atoms with van der Waals surface area (Å²) < 4.78 is 5.32. The summed E-state index contributed by atoms with van der Waals surface area (Å²) >= 11 is 5.77. The maximum Gasteiger partial charge on any atom is 0.169 e. The topological polar surface area (TPSA) is 26.3 Å². The van der Waals surface area contributed by atoms with Crippen LogP contribution in [0.5, 0.6) is 5.75 Å². The van der Waals surface area contributed by atoms with Crippen LogP contribution >= 0.6 is 11.6 Å². The van der Waals surface area contributed by atoms with Crippen molar-refractivity contribution in [2.24, 2.45) is 5.41 Å². The van der Waals surface area contributed by atoms with Crippen molar-refractivity contribution in [1.82, 2.24) is 0 Å². The summed E-state index contributed by atoms with van der Waals surface area (Å²) in [5.41, 5.74) is 0.156. The van der Waals surface area contributed by atoms with Crippen molar-refractivity contribution in [3.63, 3.8) is 0 Å². The van der Waals surface area contributed by atoms with Crippen LogP contribution in [0.4, 0.5) is 0 Å². The van der Waals surface area contributed by atoms with Crippen LogP contribution in [0.3, 0.4) is 0 Å². The molecule has 0 aliphatic heterocycles. The molecule has 0 fully saturated rings. The van der Waals surface area contributed by atoms with E-state index in [1.807, 2.05) is 20.8 Å². The van der Waals surface area contributed by atoms with Crippen LogP contribution in [0, 0.1) is 5.41 Å². The van der Waals surface area contributed by atoms with Gasteiger partial charge < -0.3 is 4.74 Å². The molecule has 3 heteroatoms. The molecule has 0 saturated heterocycles. The lowest BCUT2D eigenvalue weighted by Gasteiger charge is -2.19. The van der Waals surface area contributed by atoms with E-state index < -0.39 is 5.41 Å². The van der Waals surface area contributed by atoms with Crippen molar-refractivity contribution < 1.29 is 9.53 Å². The molecule has 0 amide bonds. The van der Waals surface area contributed by atoms with Gasteiger partial charge in [0.05, 0.1) is 6.61 Å². The maximum absolute atomic E-state index is 12.0. The summed E-state index contributed by atoms with van der Waals surface area (Å²) in [6.07, 6.45) is 0. The Morgan fingerprint density at radius 3 is 2.31 bits per heavy atom. The molecule has 1 rings (SSSR count). The van der Waals surface area contributed by atoms with Gasteiger partial charge in [-0.05, 0) is 31.2 Å². The van der Waals surface area contributed by atoms with Gasteiger partial charge in [0.25, 0.3) is 0 Å². The normalized spacial score (nSPS) is 11.2. The number of ketones is 1. The standard InChI is InChI=1S/C13H17ClO2/c1-4-16-11-7-5-10(6-8-11)12(15)13(2,3)9-14/h5-8H,4,9H2,1-3H3. The number of Topliss-reactive ketones (excluding diaryl/α,β-unsaturated/α-hetero) is 1. The molecule has 0 radical (unpaired) electrons. The number of carbonyl (C=O) groups is 1. The molecule has 0 aromatic heterocycles. The third kappa shape index (κ3) is 2.99. The molecule has 0 heterocycles. The number of hydrogen-bond acceptors (Lipinski definition) is 2. The fraction of sp³-hybridized carbons (Fsp3) is 0.462. The Morgan fingerprint density at radius 2 is 1.88 bits per heavy atom. The Labute approximate surface area is 102 Å². The molecule has 88 valence electrons. The minimum Gasteiger partial charge on any atom is -0.494 e. The van der Waals surface area contributed by atoms with Gasteiger partial charge in [-0.25, -0.2) is 0 Å². The van der Waals surface area contributed by atoms with E-state index in [1.165, 1.54) is 0 Å². The third-order valence-corrected chi connectivity index (χ3v) is 3.04. The van der Waals surface area contributed by atoms with Gasteiger partial charge in [0.2, 0.25) is 0 Å². The Bertz CT molecular complexity index is 355. The fourth-order valence-corrected chi connectivity index (χ4v) is 1.44. The quantitative estimate of drug-likeness (QED) is 0.581. The molecule has 16 heavy (non-hydrogen) atoms. The van der Waals surface area contributed by atoms with E-state index in [4.69, 9.17) is 16.3 Å². The van der Waals surface area contributed by atoms with E-state index in [0.717, 1.165) is 5.75 Å². The Morgan fingerprint density at radius 1 is 1.31 bits per heavy atom. The highest BCUT2D eigenvalue weighted by atomic mass is 35.5. The molecule has 1 aromatic carbocycles. The molecular formula is C13H17ClO2. The predicted octanol–water partition coefficient (Wildman–Crippen LogP) is 3.53. The number of benzene rings is 1. The van der Waals surface area contributed by atoms with Gasteiger partial charge in [0.1, 0.15) is 5.75 Å². The van der Waals surface area contributed by atoms with Gasteiger partial charge in [-0.3, -0.25) is 4.79 Å². The van der Waals surface area contributed by atoms with Crippen LogP contribution in [0.2, 0.25) is 0 Å². The molecular weight excluding hydrogens is 224 g/mol. The fourth-order valence-electron chi connectivity index (χ4n) is 1.32. The lowest BCUT2D eigenvalue weighted by molar-refractivity contribution is 0.0862. The SMILES string of the molecule is CCOc1ccc(C(=O)C(C)(C)CCl)cc1. The van der Waals surface area contributed by atoms with Crippen molar-refractivity contribution in [2.75, 3.05) is 12.5 Å². The summed E-state index contributed by atoms with van der Waals surface area (Å²) in [6.45, 7) is 6.24. The highest BCUT2D eigenvalue weighted by Gasteiger charge is 2.27. The molecule has 0 saturated carbocycles. The average Bonchev–Trinajstić information content (AvgIpc) is 2.29. The second-order valence-electron chi connectivity index (χ2n) is 4.30. The first kappa shape index (κ1) is 13.0. The third-order valence-electron chi connectivity index (χ3n) is 2.38. The van der Waals surface area contributed by atoms with Crippen LogP contribution < -0.4 is 4.74 Å². The van der Waals surface area contributed by atoms with Crippen LogP contribution in [-0.2, 0) is 0 Å². The molecule has 2 nitrogen and oxygen atoms in total. The monoisotopic (exact) mass is 240 g/mol. The smallest absolute Gasteiger partial charge is 0.169 e. The zero-order valence-electron chi connectivity index (χ0n) is 9.92. The van der Waals surface area contributed by atoms with Gasteiger partial charge in [-0.2, -0.15) is 0 Å². The number of rotatable bonds is 5. The molecule has 0 aliphatic rings. The second-order valence-corrected chi connectivity index (χ2v) is 4.57. The molecule has 0 unspecified atom stereocenters. The summed E-state index contributed by atoms with van der Waals surface area (Å²) in [5.74, 6) is 1.16. The molecule has 0 aliphatic carbocycles. The van der Waals surface area contributed by atoms with Crippen LogP contribution in [0.1, 0.15) is 31.1 Å².